The summed E-state index contributed by atoms with van der Waals surface area (Å²) in [5.74, 6) is 0. The first-order valence-electron chi connectivity index (χ1n) is 5.52. The highest BCUT2D eigenvalue weighted by Crippen LogP contribution is 2.23. The number of benzene rings is 1. The van der Waals surface area contributed by atoms with Gasteiger partial charge in [0, 0.05) is 35.7 Å². The van der Waals surface area contributed by atoms with Gasteiger partial charge in [0.1, 0.15) is 0 Å². The van der Waals surface area contributed by atoms with E-state index in [0.717, 1.165) is 35.2 Å². The molecule has 0 aromatic heterocycles. The van der Waals surface area contributed by atoms with Crippen LogP contribution in [0.2, 0.25) is 10.0 Å². The molecule has 1 aromatic carbocycles. The minimum atomic E-state index is 0. The molecule has 0 spiro atoms. The second-order valence-electron chi connectivity index (χ2n) is 4.25. The van der Waals surface area contributed by atoms with Crippen molar-refractivity contribution in [2.24, 2.45) is 0 Å². The molecule has 1 aliphatic heterocycles. The molecular weight excluding hydrogens is 279 g/mol. The summed E-state index contributed by atoms with van der Waals surface area (Å²) in [4.78, 5) is 2.40. The molecule has 96 valence electrons. The molecule has 1 aromatic rings. The van der Waals surface area contributed by atoms with E-state index in [2.05, 4.69) is 10.2 Å². The van der Waals surface area contributed by atoms with E-state index in [0.29, 0.717) is 6.04 Å². The molecule has 1 aliphatic rings. The molecule has 0 amide bonds. The summed E-state index contributed by atoms with van der Waals surface area (Å²) in [6, 6.07) is 6.26. The van der Waals surface area contributed by atoms with Crippen LogP contribution >= 0.6 is 35.6 Å². The third-order valence-corrected chi connectivity index (χ3v) is 3.69. The smallest absolute Gasteiger partial charge is 0.0452 e. The molecule has 0 bridgehead atoms. The van der Waals surface area contributed by atoms with Gasteiger partial charge >= 0.3 is 0 Å². The highest BCUT2D eigenvalue weighted by Gasteiger charge is 2.21. The standard InChI is InChI=1S/C12H16Cl2N2.ClH/c1-15-11-4-5-16(8-11)7-9-6-10(13)2-3-12(9)14;/h2-3,6,11,15H,4-5,7-8H2,1H3;1H. The number of likely N-dealkylation sites (tertiary alicyclic amines) is 1. The Bertz CT molecular complexity index is 371. The molecule has 1 fully saturated rings. The Balaban J connectivity index is 0.00000144. The van der Waals surface area contributed by atoms with Crippen LogP contribution in [0.25, 0.3) is 0 Å². The van der Waals surface area contributed by atoms with E-state index in [-0.39, 0.29) is 12.4 Å². The fraction of sp³-hybridized carbons (Fsp3) is 0.500. The Hall–Kier alpha value is 0.01000. The molecule has 2 nitrogen and oxygen atoms in total. The summed E-state index contributed by atoms with van der Waals surface area (Å²) in [5, 5.41) is 4.86. The van der Waals surface area contributed by atoms with Gasteiger partial charge in [-0.1, -0.05) is 23.2 Å². The van der Waals surface area contributed by atoms with E-state index >= 15 is 0 Å². The lowest BCUT2D eigenvalue weighted by Crippen LogP contribution is -2.29. The van der Waals surface area contributed by atoms with Crippen LogP contribution in [-0.2, 0) is 6.54 Å². The Kier molecular flexibility index (Phi) is 6.04. The van der Waals surface area contributed by atoms with Crippen LogP contribution in [0.15, 0.2) is 18.2 Å². The predicted octanol–water partition coefficient (Wildman–Crippen LogP) is 3.21. The van der Waals surface area contributed by atoms with Gasteiger partial charge in [0.2, 0.25) is 0 Å². The molecule has 1 unspecified atom stereocenters. The third-order valence-electron chi connectivity index (χ3n) is 3.08. The number of likely N-dealkylation sites (N-methyl/N-ethyl adjacent to an activating group) is 1. The summed E-state index contributed by atoms with van der Waals surface area (Å²) in [5.41, 5.74) is 1.12. The number of rotatable bonds is 3. The quantitative estimate of drug-likeness (QED) is 0.921. The summed E-state index contributed by atoms with van der Waals surface area (Å²) < 4.78 is 0. The number of nitrogens with one attached hydrogen (secondary N) is 1. The molecule has 0 radical (unpaired) electrons. The topological polar surface area (TPSA) is 15.3 Å². The lowest BCUT2D eigenvalue weighted by molar-refractivity contribution is 0.322. The highest BCUT2D eigenvalue weighted by molar-refractivity contribution is 6.33. The Morgan fingerprint density at radius 3 is 2.82 bits per heavy atom. The number of hydrogen-bond acceptors (Lipinski definition) is 2. The van der Waals surface area contributed by atoms with E-state index < -0.39 is 0 Å². The molecule has 5 heteroatoms. The van der Waals surface area contributed by atoms with Gasteiger partial charge in [0.15, 0.2) is 0 Å². The van der Waals surface area contributed by atoms with E-state index in [4.69, 9.17) is 23.2 Å². The maximum Gasteiger partial charge on any atom is 0.0452 e. The molecule has 17 heavy (non-hydrogen) atoms. The van der Waals surface area contributed by atoms with Crippen molar-refractivity contribution in [1.29, 1.82) is 0 Å². The molecular formula is C12H17Cl3N2. The first kappa shape index (κ1) is 15.1. The van der Waals surface area contributed by atoms with E-state index in [1.54, 1.807) is 0 Å². The molecule has 1 heterocycles. The SMILES string of the molecule is CNC1CCN(Cc2cc(Cl)ccc2Cl)C1.Cl. The lowest BCUT2D eigenvalue weighted by atomic mass is 10.2. The number of nitrogens with zero attached hydrogens (tertiary/aromatic N) is 1. The van der Waals surface area contributed by atoms with Crippen molar-refractivity contribution in [2.75, 3.05) is 20.1 Å². The fourth-order valence-electron chi connectivity index (χ4n) is 2.12. The van der Waals surface area contributed by atoms with Crippen LogP contribution in [-0.4, -0.2) is 31.1 Å². The van der Waals surface area contributed by atoms with Crippen LogP contribution in [0.5, 0.6) is 0 Å². The minimum absolute atomic E-state index is 0. The van der Waals surface area contributed by atoms with Crippen LogP contribution in [0, 0.1) is 0 Å². The first-order chi connectivity index (χ1) is 7.69. The normalized spacial score (nSPS) is 20.3. The van der Waals surface area contributed by atoms with Crippen molar-refractivity contribution >= 4 is 35.6 Å². The Morgan fingerprint density at radius 2 is 2.18 bits per heavy atom. The highest BCUT2D eigenvalue weighted by atomic mass is 35.5. The van der Waals surface area contributed by atoms with Gasteiger partial charge < -0.3 is 5.32 Å². The summed E-state index contributed by atoms with van der Waals surface area (Å²) in [6.07, 6.45) is 1.20. The largest absolute Gasteiger partial charge is 0.316 e. The van der Waals surface area contributed by atoms with Gasteiger partial charge in [0.05, 0.1) is 0 Å². The molecule has 1 atom stereocenters. The van der Waals surface area contributed by atoms with Crippen molar-refractivity contribution < 1.29 is 0 Å². The van der Waals surface area contributed by atoms with Gasteiger partial charge in [-0.25, -0.2) is 0 Å². The second-order valence-corrected chi connectivity index (χ2v) is 5.09. The van der Waals surface area contributed by atoms with Crippen molar-refractivity contribution in [3.05, 3.63) is 33.8 Å². The van der Waals surface area contributed by atoms with Crippen LogP contribution in [0.4, 0.5) is 0 Å². The lowest BCUT2D eigenvalue weighted by Gasteiger charge is -2.16. The molecule has 1 N–H and O–H groups in total. The first-order valence-corrected chi connectivity index (χ1v) is 6.28. The Labute approximate surface area is 119 Å². The summed E-state index contributed by atoms with van der Waals surface area (Å²) >= 11 is 12.1. The molecule has 0 aliphatic carbocycles. The summed E-state index contributed by atoms with van der Waals surface area (Å²) in [6.45, 7) is 3.09. The maximum atomic E-state index is 6.14. The van der Waals surface area contributed by atoms with Crippen molar-refractivity contribution in [2.45, 2.75) is 19.0 Å². The maximum absolute atomic E-state index is 6.14. The Morgan fingerprint density at radius 1 is 1.41 bits per heavy atom. The van der Waals surface area contributed by atoms with Crippen molar-refractivity contribution in [3.63, 3.8) is 0 Å². The van der Waals surface area contributed by atoms with Crippen LogP contribution in [0.3, 0.4) is 0 Å². The average Bonchev–Trinajstić information content (AvgIpc) is 2.71. The van der Waals surface area contributed by atoms with E-state index in [1.807, 2.05) is 25.2 Å². The second kappa shape index (κ2) is 6.81. The third kappa shape index (κ3) is 4.01. The molecule has 1 saturated heterocycles. The van der Waals surface area contributed by atoms with Gasteiger partial charge in [0.25, 0.3) is 0 Å². The van der Waals surface area contributed by atoms with Crippen molar-refractivity contribution in [1.82, 2.24) is 10.2 Å². The van der Waals surface area contributed by atoms with Crippen LogP contribution in [0.1, 0.15) is 12.0 Å². The zero-order valence-corrected chi connectivity index (χ0v) is 12.1. The zero-order chi connectivity index (χ0) is 11.5. The molecule has 2 rings (SSSR count). The van der Waals surface area contributed by atoms with Gasteiger partial charge in [-0.15, -0.1) is 12.4 Å². The number of halogens is 3. The molecule has 0 saturated carbocycles. The van der Waals surface area contributed by atoms with Crippen molar-refractivity contribution in [3.8, 4) is 0 Å². The number of hydrogen-bond donors (Lipinski definition) is 1. The summed E-state index contributed by atoms with van der Waals surface area (Å²) in [7, 11) is 2.01. The van der Waals surface area contributed by atoms with Gasteiger partial charge in [-0.05, 0) is 37.2 Å². The van der Waals surface area contributed by atoms with Crippen LogP contribution < -0.4 is 5.32 Å². The predicted molar refractivity (Wildman–Crippen MR) is 76.5 cm³/mol. The fourth-order valence-corrected chi connectivity index (χ4v) is 2.49. The van der Waals surface area contributed by atoms with E-state index in [9.17, 15) is 0 Å². The minimum Gasteiger partial charge on any atom is -0.316 e. The zero-order valence-electron chi connectivity index (χ0n) is 9.75. The van der Waals surface area contributed by atoms with Gasteiger partial charge in [-0.3, -0.25) is 4.90 Å². The van der Waals surface area contributed by atoms with E-state index in [1.165, 1.54) is 6.42 Å². The van der Waals surface area contributed by atoms with Gasteiger partial charge in [-0.2, -0.15) is 0 Å². The average molecular weight is 296 g/mol. The monoisotopic (exact) mass is 294 g/mol.